The number of piperazine rings is 1. The number of amidine groups is 1. The van der Waals surface area contributed by atoms with Crippen LogP contribution in [0.1, 0.15) is 36.2 Å². The van der Waals surface area contributed by atoms with Crippen molar-refractivity contribution in [1.82, 2.24) is 10.3 Å². The maximum Gasteiger partial charge on any atom is 0.417 e. The molecule has 1 aromatic carbocycles. The van der Waals surface area contributed by atoms with Gasteiger partial charge in [0.25, 0.3) is 0 Å². The first-order chi connectivity index (χ1) is 16.2. The first kappa shape index (κ1) is 23.7. The summed E-state index contributed by atoms with van der Waals surface area (Å²) in [6.45, 7) is 6.87. The maximum atomic E-state index is 13.9. The molecule has 0 amide bonds. The molecule has 1 atom stereocenters. The number of hydrogen-bond acceptors (Lipinski definition) is 7. The Morgan fingerprint density at radius 2 is 1.97 bits per heavy atom. The molecule has 4 N–H and O–H groups in total. The van der Waals surface area contributed by atoms with Crippen LogP contribution in [-0.4, -0.2) is 49.3 Å². The van der Waals surface area contributed by atoms with E-state index >= 15 is 0 Å². The monoisotopic (exact) mass is 472 g/mol. The molecule has 0 aliphatic carbocycles. The fraction of sp³-hybridized carbons (Fsp3) is 0.375. The van der Waals surface area contributed by atoms with E-state index < -0.39 is 11.7 Å². The number of aromatic nitrogens is 1. The first-order valence-electron chi connectivity index (χ1n) is 11.2. The van der Waals surface area contributed by atoms with Gasteiger partial charge in [0.05, 0.1) is 17.3 Å². The number of hydrogen-bond donors (Lipinski definition) is 3. The molecule has 1 unspecified atom stereocenters. The molecule has 1 aromatic heterocycles. The molecule has 3 heterocycles. The highest BCUT2D eigenvalue weighted by Crippen LogP contribution is 2.40. The van der Waals surface area contributed by atoms with Gasteiger partial charge >= 0.3 is 6.18 Å². The molecule has 1 saturated heterocycles. The summed E-state index contributed by atoms with van der Waals surface area (Å²) in [4.78, 5) is 22.7. The lowest BCUT2D eigenvalue weighted by molar-refractivity contribution is -0.137. The van der Waals surface area contributed by atoms with Crippen LogP contribution in [0.15, 0.2) is 40.9 Å². The number of alkyl halides is 3. The third-order valence-electron chi connectivity index (χ3n) is 6.03. The molecule has 0 bridgehead atoms. The zero-order chi connectivity index (χ0) is 24.5. The van der Waals surface area contributed by atoms with Crippen LogP contribution in [0.2, 0.25) is 0 Å². The minimum Gasteiger partial charge on any atom is -0.398 e. The van der Waals surface area contributed by atoms with E-state index in [0.717, 1.165) is 37.2 Å². The molecule has 0 saturated carbocycles. The Bertz CT molecular complexity index is 1150. The second-order valence-corrected chi connectivity index (χ2v) is 8.43. The van der Waals surface area contributed by atoms with Gasteiger partial charge in [0.1, 0.15) is 11.7 Å². The quantitative estimate of drug-likeness (QED) is 0.448. The average molecular weight is 473 g/mol. The van der Waals surface area contributed by atoms with Crippen molar-refractivity contribution in [3.05, 3.63) is 47.0 Å². The van der Waals surface area contributed by atoms with E-state index in [0.29, 0.717) is 36.7 Å². The Kier molecular flexibility index (Phi) is 6.60. The van der Waals surface area contributed by atoms with Crippen LogP contribution in [-0.2, 0) is 6.18 Å². The van der Waals surface area contributed by atoms with Gasteiger partial charge in [0, 0.05) is 54.7 Å². The van der Waals surface area contributed by atoms with Gasteiger partial charge in [-0.1, -0.05) is 6.92 Å². The fourth-order valence-electron chi connectivity index (χ4n) is 4.21. The minimum atomic E-state index is -4.67. The lowest BCUT2D eigenvalue weighted by Crippen LogP contribution is -2.43. The highest BCUT2D eigenvalue weighted by molar-refractivity contribution is 6.06. The predicted octanol–water partition coefficient (Wildman–Crippen LogP) is 4.12. The number of anilines is 3. The van der Waals surface area contributed by atoms with E-state index in [1.54, 1.807) is 6.07 Å². The largest absolute Gasteiger partial charge is 0.417 e. The molecule has 0 spiro atoms. The number of carbonyl (C=O) groups is 1. The first-order valence-corrected chi connectivity index (χ1v) is 11.2. The summed E-state index contributed by atoms with van der Waals surface area (Å²) < 4.78 is 41.8. The van der Waals surface area contributed by atoms with Crippen LogP contribution >= 0.6 is 0 Å². The third kappa shape index (κ3) is 4.91. The van der Waals surface area contributed by atoms with Crippen molar-refractivity contribution in [3.8, 4) is 11.3 Å². The highest BCUT2D eigenvalue weighted by atomic mass is 19.4. The molecular formula is C24H27F3N6O. The number of nitrogens with zero attached hydrogens (tertiary/aromatic N) is 3. The van der Waals surface area contributed by atoms with Crippen molar-refractivity contribution in [2.75, 3.05) is 42.1 Å². The van der Waals surface area contributed by atoms with Crippen molar-refractivity contribution in [3.63, 3.8) is 0 Å². The molecule has 2 aliphatic rings. The Hall–Kier alpha value is -3.40. The smallest absolute Gasteiger partial charge is 0.398 e. The standard InChI is InChI=1S/C24H27F3N6O/c1-3-20-14(2)8-22(31-20)30-16-10-21(32-23(11-16)33-6-4-29-5-7-33)17-9-15(13-34)19(28)12-18(17)24(25,26)27/h8-13,20,29H,3-7,28H2,1-2H3,(H,30,31,32). The summed E-state index contributed by atoms with van der Waals surface area (Å²) in [5.41, 5.74) is 6.10. The zero-order valence-corrected chi connectivity index (χ0v) is 19.0. The van der Waals surface area contributed by atoms with E-state index in [2.05, 4.69) is 20.6 Å². The number of rotatable bonds is 5. The molecule has 2 aromatic rings. The van der Waals surface area contributed by atoms with Gasteiger partial charge < -0.3 is 21.3 Å². The van der Waals surface area contributed by atoms with E-state index in [9.17, 15) is 18.0 Å². The van der Waals surface area contributed by atoms with E-state index in [1.165, 1.54) is 0 Å². The summed E-state index contributed by atoms with van der Waals surface area (Å²) in [5.74, 6) is 1.19. The number of aliphatic imine (C=N–C) groups is 1. The number of carbonyl (C=O) groups excluding carboxylic acids is 1. The second kappa shape index (κ2) is 9.46. The normalized spacial score (nSPS) is 18.5. The van der Waals surface area contributed by atoms with Gasteiger partial charge in [-0.25, -0.2) is 4.98 Å². The molecule has 1 fully saturated rings. The number of benzene rings is 1. The number of pyridine rings is 1. The Labute approximate surface area is 196 Å². The van der Waals surface area contributed by atoms with Crippen molar-refractivity contribution >= 4 is 29.3 Å². The van der Waals surface area contributed by atoms with Crippen LogP contribution in [0.3, 0.4) is 0 Å². The lowest BCUT2D eigenvalue weighted by Gasteiger charge is -2.29. The SMILES string of the molecule is CCC1N=C(Nc2cc(-c3cc(C=O)c(N)cc3C(F)(F)F)nc(N3CCNCC3)c2)C=C1C. The highest BCUT2D eigenvalue weighted by Gasteiger charge is 2.35. The molecular weight excluding hydrogens is 445 g/mol. The molecule has 180 valence electrons. The molecule has 2 aliphatic heterocycles. The van der Waals surface area contributed by atoms with Crippen molar-refractivity contribution in [2.45, 2.75) is 32.5 Å². The topological polar surface area (TPSA) is 95.6 Å². The predicted molar refractivity (Wildman–Crippen MR) is 128 cm³/mol. The second-order valence-electron chi connectivity index (χ2n) is 8.43. The van der Waals surface area contributed by atoms with Crippen LogP contribution in [0.5, 0.6) is 0 Å². The third-order valence-corrected chi connectivity index (χ3v) is 6.03. The molecule has 10 heteroatoms. The number of nitrogens with one attached hydrogen (secondary N) is 2. The van der Waals surface area contributed by atoms with Crippen molar-refractivity contribution < 1.29 is 18.0 Å². The van der Waals surface area contributed by atoms with Gasteiger partial charge in [-0.2, -0.15) is 13.2 Å². The summed E-state index contributed by atoms with van der Waals surface area (Å²) in [6.07, 6.45) is -1.43. The number of nitrogen functional groups attached to an aromatic ring is 1. The Balaban J connectivity index is 1.84. The van der Waals surface area contributed by atoms with Gasteiger partial charge in [-0.05, 0) is 43.2 Å². The molecule has 4 rings (SSSR count). The Morgan fingerprint density at radius 3 is 2.59 bits per heavy atom. The summed E-state index contributed by atoms with van der Waals surface area (Å²) in [7, 11) is 0. The van der Waals surface area contributed by atoms with Gasteiger partial charge in [-0.15, -0.1) is 0 Å². The van der Waals surface area contributed by atoms with Gasteiger partial charge in [-0.3, -0.25) is 9.79 Å². The van der Waals surface area contributed by atoms with Crippen molar-refractivity contribution in [1.29, 1.82) is 0 Å². The zero-order valence-electron chi connectivity index (χ0n) is 19.0. The van der Waals surface area contributed by atoms with E-state index in [1.807, 2.05) is 30.9 Å². The molecule has 34 heavy (non-hydrogen) atoms. The summed E-state index contributed by atoms with van der Waals surface area (Å²) in [5, 5.41) is 6.50. The van der Waals surface area contributed by atoms with Gasteiger partial charge in [0.15, 0.2) is 6.29 Å². The van der Waals surface area contributed by atoms with Crippen LogP contribution in [0.25, 0.3) is 11.3 Å². The number of aldehydes is 1. The van der Waals surface area contributed by atoms with E-state index in [-0.39, 0.29) is 28.6 Å². The van der Waals surface area contributed by atoms with E-state index in [4.69, 9.17) is 5.73 Å². The van der Waals surface area contributed by atoms with Gasteiger partial charge in [0.2, 0.25) is 0 Å². The summed E-state index contributed by atoms with van der Waals surface area (Å²) >= 11 is 0. The number of halogens is 3. The molecule has 7 nitrogen and oxygen atoms in total. The van der Waals surface area contributed by atoms with Crippen LogP contribution in [0.4, 0.5) is 30.4 Å². The lowest BCUT2D eigenvalue weighted by atomic mass is 9.98. The minimum absolute atomic E-state index is 0.0172. The van der Waals surface area contributed by atoms with Crippen molar-refractivity contribution in [2.24, 2.45) is 4.99 Å². The number of nitrogens with two attached hydrogens (primary N) is 1. The van der Waals surface area contributed by atoms with Crippen LogP contribution in [0, 0.1) is 0 Å². The average Bonchev–Trinajstić information content (AvgIpc) is 3.17. The summed E-state index contributed by atoms with van der Waals surface area (Å²) in [6, 6.07) is 5.39. The van der Waals surface area contributed by atoms with Crippen LogP contribution < -0.4 is 21.3 Å². The maximum absolute atomic E-state index is 13.9. The molecule has 0 radical (unpaired) electrons. The Morgan fingerprint density at radius 1 is 1.24 bits per heavy atom. The fourth-order valence-corrected chi connectivity index (χ4v) is 4.21.